The molecule has 0 atom stereocenters. The third kappa shape index (κ3) is 10.8. The highest BCUT2D eigenvalue weighted by atomic mass is 17.5. The van der Waals surface area contributed by atoms with E-state index in [0.29, 0.717) is 0 Å². The largest absolute Gasteiger partial charge is 0.481 e. The van der Waals surface area contributed by atoms with Crippen LogP contribution in [0, 0.1) is 0 Å². The Bertz CT molecular complexity index is 217. The van der Waals surface area contributed by atoms with Gasteiger partial charge in [0.25, 0.3) is 0 Å². The fourth-order valence-electron chi connectivity index (χ4n) is 0.583. The van der Waals surface area contributed by atoms with Crippen molar-refractivity contribution in [1.82, 2.24) is 0 Å². The molecule has 0 fully saturated rings. The summed E-state index contributed by atoms with van der Waals surface area (Å²) in [6.07, 6.45) is 0.127. The molecule has 0 aliphatic rings. The van der Waals surface area contributed by atoms with E-state index < -0.39 is 17.5 Å². The van der Waals surface area contributed by atoms with Gasteiger partial charge < -0.3 is 5.11 Å². The van der Waals surface area contributed by atoms with Gasteiger partial charge in [-0.1, -0.05) is 0 Å². The smallest absolute Gasteiger partial charge is 0.345 e. The fourth-order valence-corrected chi connectivity index (χ4v) is 0.583. The lowest BCUT2D eigenvalue weighted by Crippen LogP contribution is -2.20. The van der Waals surface area contributed by atoms with Crippen LogP contribution in [0.25, 0.3) is 0 Å². The zero-order valence-corrected chi connectivity index (χ0v) is 9.11. The van der Waals surface area contributed by atoms with Crippen molar-refractivity contribution in [2.45, 2.75) is 45.6 Å². The molecule has 0 rings (SSSR count). The van der Waals surface area contributed by atoms with Gasteiger partial charge >= 0.3 is 11.9 Å². The quantitative estimate of drug-likeness (QED) is 0.538. The van der Waals surface area contributed by atoms with E-state index in [9.17, 15) is 9.59 Å². The van der Waals surface area contributed by atoms with E-state index in [1.165, 1.54) is 0 Å². The Morgan fingerprint density at radius 2 is 1.80 bits per heavy atom. The highest BCUT2D eigenvalue weighted by molar-refractivity contribution is 5.70. The van der Waals surface area contributed by atoms with E-state index in [-0.39, 0.29) is 19.3 Å². The van der Waals surface area contributed by atoms with Gasteiger partial charge in [-0.15, -0.1) is 0 Å². The second kappa shape index (κ2) is 6.36. The second-order valence-corrected chi connectivity index (χ2v) is 3.97. The Morgan fingerprint density at radius 1 is 1.20 bits per heavy atom. The first kappa shape index (κ1) is 13.9. The second-order valence-electron chi connectivity index (χ2n) is 3.97. The van der Waals surface area contributed by atoms with Crippen LogP contribution < -0.4 is 0 Å². The first-order valence-corrected chi connectivity index (χ1v) is 4.58. The molecule has 0 saturated carbocycles. The zero-order chi connectivity index (χ0) is 11.9. The molecule has 0 radical (unpaired) electrons. The van der Waals surface area contributed by atoms with Gasteiger partial charge in [-0.05, 0) is 32.2 Å². The van der Waals surface area contributed by atoms with Crippen molar-refractivity contribution in [3.8, 4) is 0 Å². The third-order valence-corrected chi connectivity index (χ3v) is 1.18. The predicted molar refractivity (Wildman–Crippen MR) is 49.5 cm³/mol. The van der Waals surface area contributed by atoms with Gasteiger partial charge in [0.1, 0.15) is 0 Å². The summed E-state index contributed by atoms with van der Waals surface area (Å²) in [5, 5.41) is 12.5. The van der Waals surface area contributed by atoms with Crippen molar-refractivity contribution in [3.05, 3.63) is 0 Å². The third-order valence-electron chi connectivity index (χ3n) is 1.18. The van der Waals surface area contributed by atoms with Crippen molar-refractivity contribution >= 4 is 11.9 Å². The number of hydrogen-bond donors (Lipinski definition) is 1. The zero-order valence-electron chi connectivity index (χ0n) is 9.11. The van der Waals surface area contributed by atoms with Crippen LogP contribution in [0.4, 0.5) is 0 Å². The molecule has 0 aromatic rings. The first-order valence-electron chi connectivity index (χ1n) is 4.58. The summed E-state index contributed by atoms with van der Waals surface area (Å²) in [6.45, 7) is 5.18. The lowest BCUT2D eigenvalue weighted by atomic mass is 10.2. The fraction of sp³-hybridized carbons (Fsp3) is 0.778. The van der Waals surface area contributed by atoms with Crippen molar-refractivity contribution in [2.24, 2.45) is 0 Å². The minimum atomic E-state index is -0.949. The minimum Gasteiger partial charge on any atom is -0.481 e. The molecule has 6 heteroatoms. The number of carbonyl (C=O) groups excluding carboxylic acids is 1. The molecular weight excluding hydrogens is 204 g/mol. The van der Waals surface area contributed by atoms with E-state index in [4.69, 9.17) is 5.11 Å². The molecule has 0 heterocycles. The molecule has 0 saturated heterocycles. The van der Waals surface area contributed by atoms with Gasteiger partial charge in [-0.3, -0.25) is 9.68 Å². The van der Waals surface area contributed by atoms with E-state index in [1.54, 1.807) is 20.8 Å². The molecule has 15 heavy (non-hydrogen) atoms. The summed E-state index contributed by atoms with van der Waals surface area (Å²) in [6, 6.07) is 0. The van der Waals surface area contributed by atoms with E-state index >= 15 is 0 Å². The summed E-state index contributed by atoms with van der Waals surface area (Å²) < 4.78 is 0. The van der Waals surface area contributed by atoms with Crippen molar-refractivity contribution in [1.29, 1.82) is 0 Å². The van der Waals surface area contributed by atoms with Gasteiger partial charge in [-0.2, -0.15) is 4.89 Å². The van der Waals surface area contributed by atoms with Crippen LogP contribution in [-0.4, -0.2) is 22.6 Å². The van der Waals surface area contributed by atoms with E-state index in [0.717, 1.165) is 0 Å². The lowest BCUT2D eigenvalue weighted by molar-refractivity contribution is -0.514. The molecular formula is C9H16O6. The minimum absolute atomic E-state index is 0.0141. The first-order chi connectivity index (χ1) is 6.81. The summed E-state index contributed by atoms with van der Waals surface area (Å²) in [4.78, 5) is 29.9. The van der Waals surface area contributed by atoms with Gasteiger partial charge in [-0.25, -0.2) is 4.79 Å². The van der Waals surface area contributed by atoms with Gasteiger partial charge in [0, 0.05) is 12.8 Å². The van der Waals surface area contributed by atoms with Gasteiger partial charge in [0.05, 0.1) is 5.60 Å². The Labute approximate surface area is 88.0 Å². The molecule has 0 aromatic heterocycles. The van der Waals surface area contributed by atoms with Crippen LogP contribution in [0.3, 0.4) is 0 Å². The molecule has 0 aliphatic heterocycles. The maximum atomic E-state index is 10.9. The van der Waals surface area contributed by atoms with Gasteiger partial charge in [0.15, 0.2) is 0 Å². The summed E-state index contributed by atoms with van der Waals surface area (Å²) in [5.74, 6) is -1.60. The molecule has 6 nitrogen and oxygen atoms in total. The summed E-state index contributed by atoms with van der Waals surface area (Å²) in [5.41, 5.74) is -0.568. The average molecular weight is 220 g/mol. The van der Waals surface area contributed by atoms with Crippen LogP contribution >= 0.6 is 0 Å². The van der Waals surface area contributed by atoms with Crippen LogP contribution in [0.2, 0.25) is 0 Å². The highest BCUT2D eigenvalue weighted by Crippen LogP contribution is 2.07. The Balaban J connectivity index is 3.46. The Kier molecular flexibility index (Phi) is 5.88. The predicted octanol–water partition coefficient (Wildman–Crippen LogP) is 1.45. The highest BCUT2D eigenvalue weighted by Gasteiger charge is 2.14. The monoisotopic (exact) mass is 220 g/mol. The number of rotatable bonds is 6. The summed E-state index contributed by atoms with van der Waals surface area (Å²) >= 11 is 0. The van der Waals surface area contributed by atoms with E-state index in [1.807, 2.05) is 0 Å². The maximum Gasteiger partial charge on any atom is 0.345 e. The average Bonchev–Trinajstić information content (AvgIpc) is 2.00. The lowest BCUT2D eigenvalue weighted by Gasteiger charge is -2.15. The standard InChI is InChI=1S/C9H16O6/c1-9(2,3)14-15-13-8(12)6-4-5-7(10)11/h4-6H2,1-3H3,(H,10,11). The normalized spacial score (nSPS) is 11.1. The van der Waals surface area contributed by atoms with Crippen LogP contribution in [0.5, 0.6) is 0 Å². The number of carboxylic acid groups (broad SMARTS) is 1. The van der Waals surface area contributed by atoms with Crippen molar-refractivity contribution in [3.63, 3.8) is 0 Å². The molecule has 1 N–H and O–H groups in total. The number of carbonyl (C=O) groups is 2. The maximum absolute atomic E-state index is 10.9. The van der Waals surface area contributed by atoms with E-state index in [2.05, 4.69) is 14.8 Å². The summed E-state index contributed by atoms with van der Waals surface area (Å²) in [7, 11) is 0. The van der Waals surface area contributed by atoms with Crippen molar-refractivity contribution in [2.75, 3.05) is 0 Å². The van der Waals surface area contributed by atoms with Crippen LogP contribution in [0.1, 0.15) is 40.0 Å². The molecule has 0 unspecified atom stereocenters. The molecule has 0 amide bonds. The number of aliphatic carboxylic acids is 1. The van der Waals surface area contributed by atoms with Crippen molar-refractivity contribution < 1.29 is 29.5 Å². The molecule has 0 aliphatic carbocycles. The SMILES string of the molecule is CC(C)(C)OOOC(=O)CCCC(=O)O. The van der Waals surface area contributed by atoms with Crippen LogP contribution in [0.15, 0.2) is 0 Å². The molecule has 0 bridgehead atoms. The molecule has 88 valence electrons. The van der Waals surface area contributed by atoms with Gasteiger partial charge in [0.2, 0.25) is 0 Å². The molecule has 0 spiro atoms. The molecule has 0 aromatic carbocycles. The Morgan fingerprint density at radius 3 is 2.27 bits per heavy atom. The van der Waals surface area contributed by atoms with Crippen LogP contribution in [-0.2, 0) is 24.4 Å². The number of carboxylic acids is 1. The Hall–Kier alpha value is -1.14. The topological polar surface area (TPSA) is 82.1 Å². The number of hydrogen-bond acceptors (Lipinski definition) is 5.